The van der Waals surface area contributed by atoms with Crippen LogP contribution in [0.25, 0.3) is 83.9 Å². The van der Waals surface area contributed by atoms with Gasteiger partial charge >= 0.3 is 17.1 Å². The Kier molecular flexibility index (Phi) is 23.4. The summed E-state index contributed by atoms with van der Waals surface area (Å²) in [5.41, 5.74) is 15.1. The number of nitrogens with two attached hydrogens (primary N) is 2. The number of pyridine rings is 3. The molecule has 3 amide bonds. The fourth-order valence-corrected chi connectivity index (χ4v) is 19.1. The van der Waals surface area contributed by atoms with Crippen molar-refractivity contribution in [2.24, 2.45) is 0 Å². The topological polar surface area (TPSA) is 364 Å². The van der Waals surface area contributed by atoms with Gasteiger partial charge in [-0.25, -0.2) is 108 Å². The first kappa shape index (κ1) is 90.1. The zero-order valence-electron chi connectivity index (χ0n) is 74.3. The van der Waals surface area contributed by atoms with E-state index in [2.05, 4.69) is 74.6 Å². The number of phenolic OH excluding ortho intramolecular Hbond substituents is 1. The second kappa shape index (κ2) is 35.1. The van der Waals surface area contributed by atoms with Crippen LogP contribution in [0.3, 0.4) is 0 Å². The van der Waals surface area contributed by atoms with Crippen LogP contribution in [0.1, 0.15) is 188 Å². The van der Waals surface area contributed by atoms with E-state index < -0.39 is 129 Å². The highest BCUT2D eigenvalue weighted by Crippen LogP contribution is 2.53. The minimum absolute atomic E-state index is 0.00171. The van der Waals surface area contributed by atoms with Crippen LogP contribution < -0.4 is 43.2 Å². The number of benzene rings is 3. The van der Waals surface area contributed by atoms with Crippen molar-refractivity contribution in [1.29, 1.82) is 0 Å². The first-order chi connectivity index (χ1) is 64.6. The fourth-order valence-electron chi connectivity index (χ4n) is 18.9. The second-order valence-electron chi connectivity index (χ2n) is 36.5. The van der Waals surface area contributed by atoms with Gasteiger partial charge in [-0.2, -0.15) is 15.0 Å². The third-order valence-electron chi connectivity index (χ3n) is 26.5. The number of halogens is 9. The van der Waals surface area contributed by atoms with Crippen LogP contribution in [0.2, 0.25) is 5.02 Å². The zero-order valence-corrected chi connectivity index (χ0v) is 75.0. The van der Waals surface area contributed by atoms with Gasteiger partial charge in [-0.05, 0) is 173 Å². The van der Waals surface area contributed by atoms with E-state index in [1.54, 1.807) is 62.9 Å². The predicted octanol–water partition coefficient (Wildman–Crippen LogP) is 14.9. The molecule has 12 aromatic rings. The summed E-state index contributed by atoms with van der Waals surface area (Å²) in [7, 11) is 0. The molecule has 135 heavy (non-hydrogen) atoms. The average molecular weight is 1870 g/mol. The molecule has 9 fully saturated rings. The number of amides is 3. The van der Waals surface area contributed by atoms with Crippen LogP contribution in [-0.2, 0) is 14.4 Å². The molecule has 696 valence electrons. The minimum atomic E-state index is -1.08. The lowest BCUT2D eigenvalue weighted by Gasteiger charge is -2.44. The van der Waals surface area contributed by atoms with Gasteiger partial charge in [0.2, 0.25) is 0 Å². The van der Waals surface area contributed by atoms with Crippen LogP contribution in [-0.4, -0.2) is 187 Å². The van der Waals surface area contributed by atoms with Gasteiger partial charge in [-0.1, -0.05) is 49.5 Å². The third kappa shape index (κ3) is 16.7. The molecule has 3 aliphatic heterocycles. The number of hydrogen-bond acceptors (Lipinski definition) is 24. The normalized spacial score (nSPS) is 20.1. The summed E-state index contributed by atoms with van der Waals surface area (Å²) < 4.78 is 123. The highest BCUT2D eigenvalue weighted by Gasteiger charge is 2.45. The van der Waals surface area contributed by atoms with Crippen LogP contribution in [0.15, 0.2) is 143 Å². The van der Waals surface area contributed by atoms with Crippen molar-refractivity contribution in [3.8, 4) is 56.6 Å². The smallest absolute Gasteiger partial charge is 0.355 e. The zero-order chi connectivity index (χ0) is 95.2. The molecular weight excluding hydrogens is 1770 g/mol. The van der Waals surface area contributed by atoms with Gasteiger partial charge in [0, 0.05) is 122 Å². The number of aromatic hydroxyl groups is 1. The van der Waals surface area contributed by atoms with E-state index in [9.17, 15) is 47.0 Å². The van der Waals surface area contributed by atoms with Crippen LogP contribution in [0, 0.1) is 29.1 Å². The number of carbonyl (C=O) groups is 3. The summed E-state index contributed by atoms with van der Waals surface area (Å²) in [6, 6.07) is 13.3. The minimum Gasteiger partial charge on any atom is -0.507 e. The SMILES string of the molecule is C=C(F)C(=O)N1C[C@H](C)N(c2nc(=O)n(-c3c(C4CC4)ncnc3C3CC3)c3nc(-c4c(N)cccc4F)c(Cl)cc23)C[C@H]1C.C=C(F)C(=O)N1C[C@H](C)N(c2nc(=O)n(-c3c(C4CC4)ncnc3C3CC3)c3nc(-c4c(N)cccc4F)c(F)cc23)C[C@H]1C.C=C(F)C(=O)N1C[C@H](C)N(c2nc(=O)n(-c3c(C4CC4)ncnc3C3CC3)c3nc(-c4c(O)cccc4F)c(F)cc23)C[C@H]1C. The van der Waals surface area contributed by atoms with Gasteiger partial charge in [0.05, 0.1) is 94.8 Å². The van der Waals surface area contributed by atoms with Gasteiger partial charge in [0.1, 0.15) is 71.0 Å². The molecule has 0 spiro atoms. The molecule has 0 unspecified atom stereocenters. The van der Waals surface area contributed by atoms with E-state index >= 15 is 22.0 Å². The molecule has 6 atom stereocenters. The second-order valence-corrected chi connectivity index (χ2v) is 36.9. The quantitative estimate of drug-likeness (QED) is 0.0408. The Labute approximate surface area is 771 Å². The Morgan fingerprint density at radius 2 is 0.637 bits per heavy atom. The molecule has 0 radical (unpaired) electrons. The van der Waals surface area contributed by atoms with Crippen molar-refractivity contribution in [1.82, 2.24) is 88.2 Å². The molecule has 12 heterocycles. The number of piperazine rings is 3. The molecule has 3 aromatic carbocycles. The molecule has 9 aliphatic rings. The molecule has 5 N–H and O–H groups in total. The highest BCUT2D eigenvalue weighted by atomic mass is 35.5. The number of hydrogen-bond donors (Lipinski definition) is 3. The number of anilines is 5. The number of nitrogen functional groups attached to an aromatic ring is 2. The summed E-state index contributed by atoms with van der Waals surface area (Å²) in [4.78, 5) is 145. The van der Waals surface area contributed by atoms with E-state index in [1.165, 1.54) is 89.6 Å². The summed E-state index contributed by atoms with van der Waals surface area (Å²) in [6.07, 6.45) is 15.4. The maximum Gasteiger partial charge on any atom is 0.355 e. The standard InChI is InChI=1S/C32H31ClF2N8O2.C32H31F3N8O2.C32H30F3N7O3/c1-15-13-42(31(44)17(3)34)16(2)12-41(15)29-20-11-21(33)27(24-22(35)5-4-6-23(24)36)39-30(20)43(32(45)40-29)28-25(18-7-8-18)37-14-38-26(28)19-9-10-19;1-15-13-42(31(44)17(3)33)16(2)12-41(15)29-20-11-22(35)27(24-21(34)5-4-6-23(24)36)39-30(20)43(32(45)40-29)28-25(18-7-8-18)37-14-38-26(28)19-9-10-19;1-15-13-41(31(44)17(3)33)16(2)12-40(15)29-20-11-22(35)27(24-21(34)5-4-6-23(24)43)38-30(20)42(32(45)39-29)28-25(18-7-8-18)36-14-37-26(28)19-9-10-19/h2*4-6,11,14-16,18-19H,3,7-10,12-13,36H2,1-2H3;4-6,11,14-16,18-19,43H,3,7-10,12-13H2,1-2H3/t3*15-,16+/m000/s1. The van der Waals surface area contributed by atoms with E-state index in [1.807, 2.05) is 11.8 Å². The van der Waals surface area contributed by atoms with E-state index in [4.69, 9.17) is 28.1 Å². The Morgan fingerprint density at radius 3 is 0.919 bits per heavy atom. The van der Waals surface area contributed by atoms with Crippen LogP contribution in [0.4, 0.5) is 64.0 Å². The first-order valence-electron chi connectivity index (χ1n) is 44.9. The predicted molar refractivity (Wildman–Crippen MR) is 490 cm³/mol. The van der Waals surface area contributed by atoms with Gasteiger partial charge in [0.15, 0.2) is 46.1 Å². The molecule has 9 aromatic heterocycles. The molecule has 0 bridgehead atoms. The molecule has 6 saturated carbocycles. The van der Waals surface area contributed by atoms with Gasteiger partial charge in [0.25, 0.3) is 17.7 Å². The fraction of sp³-hybridized carbons (Fsp3) is 0.375. The summed E-state index contributed by atoms with van der Waals surface area (Å²) in [6.45, 7) is 21.1. The largest absolute Gasteiger partial charge is 0.507 e. The Bertz CT molecular complexity index is 6390. The number of fused-ring (bicyclic) bond motifs is 3. The highest BCUT2D eigenvalue weighted by molar-refractivity contribution is 6.34. The monoisotopic (exact) mass is 1870 g/mol. The number of carbonyl (C=O) groups excluding carboxylic acids is 3. The Balaban J connectivity index is 0.000000130. The summed E-state index contributed by atoms with van der Waals surface area (Å²) >= 11 is 6.83. The van der Waals surface area contributed by atoms with Gasteiger partial charge in [-0.15, -0.1) is 0 Å². The van der Waals surface area contributed by atoms with E-state index in [-0.39, 0.29) is 159 Å². The van der Waals surface area contributed by atoms with Gasteiger partial charge < -0.3 is 46.0 Å². The number of rotatable bonds is 18. The molecule has 30 nitrogen and oxygen atoms in total. The van der Waals surface area contributed by atoms with Crippen molar-refractivity contribution in [2.75, 3.05) is 65.4 Å². The van der Waals surface area contributed by atoms with Gasteiger partial charge in [-0.3, -0.25) is 14.4 Å². The summed E-state index contributed by atoms with van der Waals surface area (Å²) in [5.74, 6) is -8.78. The number of phenols is 1. The van der Waals surface area contributed by atoms with Crippen molar-refractivity contribution < 1.29 is 54.6 Å². The molecule has 21 rings (SSSR count). The number of nitrogens with zero attached hydrogens (tertiary/aromatic N) is 21. The lowest BCUT2D eigenvalue weighted by molar-refractivity contribution is -0.132. The maximum atomic E-state index is 16.1. The van der Waals surface area contributed by atoms with E-state index in [0.29, 0.717) is 51.0 Å². The molecule has 6 aliphatic carbocycles. The lowest BCUT2D eigenvalue weighted by Crippen LogP contribution is -2.58. The maximum absolute atomic E-state index is 16.1. The number of aromatic nitrogens is 15. The third-order valence-corrected chi connectivity index (χ3v) is 26.8. The lowest BCUT2D eigenvalue weighted by atomic mass is 10.0. The van der Waals surface area contributed by atoms with Crippen molar-refractivity contribution in [2.45, 2.75) is 190 Å². The van der Waals surface area contributed by atoms with Crippen molar-refractivity contribution in [3.05, 3.63) is 229 Å². The molecule has 3 saturated heterocycles. The summed E-state index contributed by atoms with van der Waals surface area (Å²) in [5, 5.41) is 11.5. The first-order valence-corrected chi connectivity index (χ1v) is 45.3. The molecule has 39 heteroatoms. The molecular formula is C96H92ClF8N23O7. The van der Waals surface area contributed by atoms with E-state index in [0.717, 1.165) is 101 Å². The Morgan fingerprint density at radius 1 is 0.370 bits per heavy atom. The van der Waals surface area contributed by atoms with Crippen LogP contribution >= 0.6 is 11.6 Å². The van der Waals surface area contributed by atoms with Crippen LogP contribution in [0.5, 0.6) is 5.75 Å². The average Bonchev–Trinajstić information content (AvgIpc) is 1.65. The Hall–Kier alpha value is -14.1. The van der Waals surface area contributed by atoms with Crippen molar-refractivity contribution >= 4 is 91.3 Å². The van der Waals surface area contributed by atoms with Crippen molar-refractivity contribution in [3.63, 3.8) is 0 Å².